The van der Waals surface area contributed by atoms with E-state index >= 15 is 0 Å². The summed E-state index contributed by atoms with van der Waals surface area (Å²) in [5, 5.41) is 10.3. The Bertz CT molecular complexity index is 706. The van der Waals surface area contributed by atoms with E-state index < -0.39 is 0 Å². The van der Waals surface area contributed by atoms with Crippen LogP contribution in [0.2, 0.25) is 0 Å². The number of fused-ring (bicyclic) bond motifs is 1. The molecule has 0 aliphatic rings. The van der Waals surface area contributed by atoms with Crippen molar-refractivity contribution < 1.29 is 4.74 Å². The van der Waals surface area contributed by atoms with E-state index in [1.807, 2.05) is 0 Å². The maximum atomic E-state index is 5.44. The molecule has 1 heterocycles. The predicted molar refractivity (Wildman–Crippen MR) is 90.2 cm³/mol. The van der Waals surface area contributed by atoms with Gasteiger partial charge in [-0.2, -0.15) is 11.3 Å². The molecule has 2 nitrogen and oxygen atoms in total. The lowest BCUT2D eigenvalue weighted by molar-refractivity contribution is 0.419. The first kappa shape index (κ1) is 14.1. The fourth-order valence-electron chi connectivity index (χ4n) is 2.56. The van der Waals surface area contributed by atoms with Gasteiger partial charge in [-0.3, -0.25) is 0 Å². The molecule has 0 atom stereocenters. The van der Waals surface area contributed by atoms with Gasteiger partial charge in [0.05, 0.1) is 7.11 Å². The predicted octanol–water partition coefficient (Wildman–Crippen LogP) is 4.24. The Morgan fingerprint density at radius 1 is 1.05 bits per heavy atom. The molecule has 0 saturated carbocycles. The highest BCUT2D eigenvalue weighted by Gasteiger charge is 2.05. The number of ether oxygens (including phenoxy) is 1. The van der Waals surface area contributed by atoms with Crippen molar-refractivity contribution in [3.8, 4) is 5.75 Å². The molecule has 0 aliphatic heterocycles. The Hall–Kier alpha value is -1.84. The summed E-state index contributed by atoms with van der Waals surface area (Å²) in [6.45, 7) is 1.88. The summed E-state index contributed by atoms with van der Waals surface area (Å²) in [5.74, 6) is 0.938. The van der Waals surface area contributed by atoms with Gasteiger partial charge in [0.25, 0.3) is 0 Å². The SMILES string of the molecule is COc1ccc(CNCCc2ccsc2)c2ccccc12. The summed E-state index contributed by atoms with van der Waals surface area (Å²) >= 11 is 1.76. The van der Waals surface area contributed by atoms with E-state index in [-0.39, 0.29) is 0 Å². The van der Waals surface area contributed by atoms with Crippen LogP contribution in [0.4, 0.5) is 0 Å². The fraction of sp³-hybridized carbons (Fsp3) is 0.222. The summed E-state index contributed by atoms with van der Waals surface area (Å²) in [4.78, 5) is 0. The van der Waals surface area contributed by atoms with Crippen LogP contribution in [0.25, 0.3) is 10.8 Å². The Kier molecular flexibility index (Phi) is 4.53. The molecule has 0 unspecified atom stereocenters. The van der Waals surface area contributed by atoms with E-state index in [1.54, 1.807) is 18.4 Å². The molecule has 1 N–H and O–H groups in total. The van der Waals surface area contributed by atoms with E-state index in [4.69, 9.17) is 4.74 Å². The van der Waals surface area contributed by atoms with Gasteiger partial charge in [0.2, 0.25) is 0 Å². The fourth-order valence-corrected chi connectivity index (χ4v) is 3.26. The number of thiophene rings is 1. The Morgan fingerprint density at radius 3 is 2.67 bits per heavy atom. The molecule has 3 rings (SSSR count). The van der Waals surface area contributed by atoms with E-state index in [0.717, 1.165) is 25.3 Å². The van der Waals surface area contributed by atoms with Crippen molar-refractivity contribution in [2.24, 2.45) is 0 Å². The zero-order chi connectivity index (χ0) is 14.5. The third-order valence-electron chi connectivity index (χ3n) is 3.68. The zero-order valence-electron chi connectivity index (χ0n) is 12.1. The van der Waals surface area contributed by atoms with Crippen LogP contribution >= 0.6 is 11.3 Å². The van der Waals surface area contributed by atoms with Crippen LogP contribution in [0.15, 0.2) is 53.2 Å². The van der Waals surface area contributed by atoms with Gasteiger partial charge >= 0.3 is 0 Å². The first-order valence-electron chi connectivity index (χ1n) is 7.15. The van der Waals surface area contributed by atoms with Crippen LogP contribution < -0.4 is 10.1 Å². The molecular weight excluding hydrogens is 278 g/mol. The largest absolute Gasteiger partial charge is 0.496 e. The molecule has 0 bridgehead atoms. The number of hydrogen-bond acceptors (Lipinski definition) is 3. The minimum atomic E-state index is 0.884. The lowest BCUT2D eigenvalue weighted by atomic mass is 10.0. The molecule has 0 fully saturated rings. The van der Waals surface area contributed by atoms with Crippen LogP contribution in [-0.2, 0) is 13.0 Å². The molecule has 2 aromatic carbocycles. The molecule has 1 aromatic heterocycles. The average Bonchev–Trinajstić information content (AvgIpc) is 3.05. The van der Waals surface area contributed by atoms with Crippen LogP contribution in [0.5, 0.6) is 5.75 Å². The molecule has 0 spiro atoms. The Balaban J connectivity index is 1.69. The van der Waals surface area contributed by atoms with Gasteiger partial charge in [-0.15, -0.1) is 0 Å². The minimum Gasteiger partial charge on any atom is -0.496 e. The number of methoxy groups -OCH3 is 1. The maximum Gasteiger partial charge on any atom is 0.126 e. The van der Waals surface area contributed by atoms with E-state index in [9.17, 15) is 0 Å². The van der Waals surface area contributed by atoms with Crippen molar-refractivity contribution in [2.75, 3.05) is 13.7 Å². The van der Waals surface area contributed by atoms with Gasteiger partial charge in [-0.25, -0.2) is 0 Å². The van der Waals surface area contributed by atoms with E-state index in [2.05, 4.69) is 58.5 Å². The number of hydrogen-bond donors (Lipinski definition) is 1. The monoisotopic (exact) mass is 297 g/mol. The quantitative estimate of drug-likeness (QED) is 0.687. The smallest absolute Gasteiger partial charge is 0.126 e. The molecule has 108 valence electrons. The lowest BCUT2D eigenvalue weighted by Gasteiger charge is -2.11. The van der Waals surface area contributed by atoms with Gasteiger partial charge in [0.1, 0.15) is 5.75 Å². The minimum absolute atomic E-state index is 0.884. The van der Waals surface area contributed by atoms with Gasteiger partial charge in [0, 0.05) is 11.9 Å². The van der Waals surface area contributed by atoms with Crippen LogP contribution in [0, 0.1) is 0 Å². The van der Waals surface area contributed by atoms with Crippen LogP contribution in [0.3, 0.4) is 0 Å². The van der Waals surface area contributed by atoms with Crippen molar-refractivity contribution in [3.05, 3.63) is 64.4 Å². The van der Waals surface area contributed by atoms with Gasteiger partial charge < -0.3 is 10.1 Å². The van der Waals surface area contributed by atoms with Crippen molar-refractivity contribution in [2.45, 2.75) is 13.0 Å². The van der Waals surface area contributed by atoms with Gasteiger partial charge in [-0.05, 0) is 52.4 Å². The van der Waals surface area contributed by atoms with Crippen molar-refractivity contribution >= 4 is 22.1 Å². The van der Waals surface area contributed by atoms with Crippen LogP contribution in [-0.4, -0.2) is 13.7 Å². The molecular formula is C18H19NOS. The highest BCUT2D eigenvalue weighted by atomic mass is 32.1. The molecule has 0 amide bonds. The second kappa shape index (κ2) is 6.74. The summed E-state index contributed by atoms with van der Waals surface area (Å²) in [7, 11) is 1.72. The molecule has 3 aromatic rings. The number of rotatable bonds is 6. The topological polar surface area (TPSA) is 21.3 Å². The molecule has 3 heteroatoms. The summed E-state index contributed by atoms with van der Waals surface area (Å²) in [6.07, 6.45) is 1.08. The van der Waals surface area contributed by atoms with Crippen molar-refractivity contribution in [1.82, 2.24) is 5.32 Å². The summed E-state index contributed by atoms with van der Waals surface area (Å²) in [6, 6.07) is 14.8. The number of benzene rings is 2. The third kappa shape index (κ3) is 3.26. The van der Waals surface area contributed by atoms with Gasteiger partial charge in [-0.1, -0.05) is 30.3 Å². The molecule has 0 radical (unpaired) electrons. The Morgan fingerprint density at radius 2 is 1.90 bits per heavy atom. The standard InChI is InChI=1S/C18H19NOS/c1-20-18-7-6-15(16-4-2-3-5-17(16)18)12-19-10-8-14-9-11-21-13-14/h2-7,9,11,13,19H,8,10,12H2,1H3. The van der Waals surface area contributed by atoms with Crippen molar-refractivity contribution in [1.29, 1.82) is 0 Å². The normalized spacial score (nSPS) is 10.9. The lowest BCUT2D eigenvalue weighted by Crippen LogP contribution is -2.16. The van der Waals surface area contributed by atoms with Crippen molar-refractivity contribution in [3.63, 3.8) is 0 Å². The van der Waals surface area contributed by atoms with Crippen LogP contribution in [0.1, 0.15) is 11.1 Å². The Labute approximate surface area is 129 Å². The number of nitrogens with one attached hydrogen (secondary N) is 1. The summed E-state index contributed by atoms with van der Waals surface area (Å²) in [5.41, 5.74) is 2.73. The maximum absolute atomic E-state index is 5.44. The molecule has 0 saturated heterocycles. The van der Waals surface area contributed by atoms with Gasteiger partial charge in [0.15, 0.2) is 0 Å². The second-order valence-electron chi connectivity index (χ2n) is 5.03. The first-order chi connectivity index (χ1) is 10.4. The molecule has 0 aliphatic carbocycles. The highest BCUT2D eigenvalue weighted by molar-refractivity contribution is 7.07. The average molecular weight is 297 g/mol. The van der Waals surface area contributed by atoms with E-state index in [1.165, 1.54) is 21.9 Å². The first-order valence-corrected chi connectivity index (χ1v) is 8.09. The highest BCUT2D eigenvalue weighted by Crippen LogP contribution is 2.28. The zero-order valence-corrected chi connectivity index (χ0v) is 13.0. The summed E-state index contributed by atoms with van der Waals surface area (Å²) < 4.78 is 5.44. The third-order valence-corrected chi connectivity index (χ3v) is 4.41. The van der Waals surface area contributed by atoms with E-state index in [0.29, 0.717) is 0 Å². The second-order valence-corrected chi connectivity index (χ2v) is 5.81. The molecule has 21 heavy (non-hydrogen) atoms.